The second kappa shape index (κ2) is 4.95. The second-order valence-electron chi connectivity index (χ2n) is 3.87. The van der Waals surface area contributed by atoms with E-state index in [0.29, 0.717) is 10.1 Å². The van der Waals surface area contributed by atoms with Crippen molar-refractivity contribution in [3.63, 3.8) is 0 Å². The van der Waals surface area contributed by atoms with Gasteiger partial charge in [0.15, 0.2) is 0 Å². The molecule has 0 atom stereocenters. The van der Waals surface area contributed by atoms with E-state index < -0.39 is 17.6 Å². The lowest BCUT2D eigenvalue weighted by Crippen LogP contribution is -2.28. The lowest BCUT2D eigenvalue weighted by Gasteiger charge is -2.12. The second-order valence-corrected chi connectivity index (χ2v) is 5.12. The molecule has 1 aromatic carbocycles. The molecular formula is C12H8F3IN2O. The summed E-state index contributed by atoms with van der Waals surface area (Å²) in [6, 6.07) is 7.61. The summed E-state index contributed by atoms with van der Waals surface area (Å²) in [5.74, 6) is 0. The molecule has 19 heavy (non-hydrogen) atoms. The normalized spacial score (nSPS) is 11.6. The summed E-state index contributed by atoms with van der Waals surface area (Å²) in [5.41, 5.74) is -1.44. The molecule has 0 amide bonds. The number of nitrogens with zero attached hydrogens (tertiary/aromatic N) is 2. The molecule has 0 saturated carbocycles. The molecule has 2 aromatic rings. The van der Waals surface area contributed by atoms with Crippen molar-refractivity contribution >= 4 is 22.6 Å². The summed E-state index contributed by atoms with van der Waals surface area (Å²) in [5, 5.41) is 0. The fourth-order valence-corrected chi connectivity index (χ4v) is 1.94. The van der Waals surface area contributed by atoms with E-state index in [1.165, 1.54) is 0 Å². The minimum Gasteiger partial charge on any atom is -0.291 e. The zero-order chi connectivity index (χ0) is 14.2. The fraction of sp³-hybridized carbons (Fsp3) is 0.167. The van der Waals surface area contributed by atoms with Crippen molar-refractivity contribution in [2.75, 3.05) is 0 Å². The maximum atomic E-state index is 12.8. The maximum Gasteiger partial charge on any atom is 0.431 e. The monoisotopic (exact) mass is 380 g/mol. The van der Waals surface area contributed by atoms with E-state index in [0.717, 1.165) is 16.7 Å². The van der Waals surface area contributed by atoms with Crippen LogP contribution in [0.25, 0.3) is 11.3 Å². The maximum absolute atomic E-state index is 12.8. The van der Waals surface area contributed by atoms with E-state index in [9.17, 15) is 18.0 Å². The highest BCUT2D eigenvalue weighted by Crippen LogP contribution is 2.30. The number of benzene rings is 1. The summed E-state index contributed by atoms with van der Waals surface area (Å²) >= 11 is 2.08. The Kier molecular flexibility index (Phi) is 3.66. The van der Waals surface area contributed by atoms with Crippen LogP contribution in [0.5, 0.6) is 0 Å². The SMILES string of the molecule is Cn1c(C(F)(F)F)cc(-c2ccc(I)cc2)nc1=O. The van der Waals surface area contributed by atoms with Crippen molar-refractivity contribution in [2.45, 2.75) is 6.18 Å². The molecular weight excluding hydrogens is 372 g/mol. The first kappa shape index (κ1) is 14.0. The molecule has 0 unspecified atom stereocenters. The lowest BCUT2D eigenvalue weighted by molar-refractivity contribution is -0.143. The van der Waals surface area contributed by atoms with E-state index in [1.54, 1.807) is 24.3 Å². The standard InChI is InChI=1S/C12H8F3IN2O/c1-18-10(12(13,14)15)6-9(17-11(18)19)7-2-4-8(16)5-3-7/h2-6H,1H3. The third kappa shape index (κ3) is 2.96. The number of rotatable bonds is 1. The van der Waals surface area contributed by atoms with Gasteiger partial charge in [-0.25, -0.2) is 4.79 Å². The average molecular weight is 380 g/mol. The summed E-state index contributed by atoms with van der Waals surface area (Å²) in [7, 11) is 1.05. The molecule has 2 rings (SSSR count). The largest absolute Gasteiger partial charge is 0.431 e. The third-order valence-corrected chi connectivity index (χ3v) is 3.29. The van der Waals surface area contributed by atoms with Gasteiger partial charge in [0.25, 0.3) is 0 Å². The topological polar surface area (TPSA) is 34.9 Å². The molecule has 3 nitrogen and oxygen atoms in total. The lowest BCUT2D eigenvalue weighted by atomic mass is 10.1. The molecule has 0 bridgehead atoms. The Labute approximate surface area is 120 Å². The van der Waals surface area contributed by atoms with E-state index in [2.05, 4.69) is 27.6 Å². The van der Waals surface area contributed by atoms with Crippen molar-refractivity contribution in [3.8, 4) is 11.3 Å². The van der Waals surface area contributed by atoms with Crippen molar-refractivity contribution in [1.82, 2.24) is 9.55 Å². The van der Waals surface area contributed by atoms with Gasteiger partial charge in [0.05, 0.1) is 5.69 Å². The zero-order valence-corrected chi connectivity index (χ0v) is 11.9. The Morgan fingerprint density at radius 1 is 1.21 bits per heavy atom. The van der Waals surface area contributed by atoms with Crippen molar-refractivity contribution in [1.29, 1.82) is 0 Å². The number of hydrogen-bond donors (Lipinski definition) is 0. The van der Waals surface area contributed by atoms with Gasteiger partial charge in [-0.2, -0.15) is 18.2 Å². The van der Waals surface area contributed by atoms with Crippen LogP contribution < -0.4 is 5.69 Å². The highest BCUT2D eigenvalue weighted by Gasteiger charge is 2.34. The third-order valence-electron chi connectivity index (χ3n) is 2.57. The van der Waals surface area contributed by atoms with Crippen molar-refractivity contribution in [2.24, 2.45) is 7.05 Å². The molecule has 0 aliphatic rings. The molecule has 0 spiro atoms. The molecule has 0 aliphatic heterocycles. The Balaban J connectivity index is 2.63. The first-order valence-corrected chi connectivity index (χ1v) is 6.28. The van der Waals surface area contributed by atoms with Gasteiger partial charge in [0.1, 0.15) is 5.69 Å². The Bertz CT molecular complexity index is 662. The van der Waals surface area contributed by atoms with Crippen molar-refractivity contribution < 1.29 is 13.2 Å². The van der Waals surface area contributed by atoms with E-state index in [1.807, 2.05) is 0 Å². The van der Waals surface area contributed by atoms with E-state index in [4.69, 9.17) is 0 Å². The van der Waals surface area contributed by atoms with Gasteiger partial charge < -0.3 is 0 Å². The first-order chi connectivity index (χ1) is 8.79. The van der Waals surface area contributed by atoms with Crippen LogP contribution >= 0.6 is 22.6 Å². The van der Waals surface area contributed by atoms with Gasteiger partial charge in [-0.3, -0.25) is 4.57 Å². The summed E-state index contributed by atoms with van der Waals surface area (Å²) in [6.45, 7) is 0. The quantitative estimate of drug-likeness (QED) is 0.713. The Morgan fingerprint density at radius 3 is 2.32 bits per heavy atom. The van der Waals surface area contributed by atoms with Crippen LogP contribution in [-0.2, 0) is 13.2 Å². The highest BCUT2D eigenvalue weighted by molar-refractivity contribution is 14.1. The van der Waals surface area contributed by atoms with Gasteiger partial charge in [-0.15, -0.1) is 0 Å². The van der Waals surface area contributed by atoms with Crippen LogP contribution in [0.4, 0.5) is 13.2 Å². The minimum absolute atomic E-state index is 0.0202. The zero-order valence-electron chi connectivity index (χ0n) is 9.70. The summed E-state index contributed by atoms with van der Waals surface area (Å²) in [6.07, 6.45) is -4.59. The molecule has 1 aromatic heterocycles. The molecule has 0 N–H and O–H groups in total. The predicted octanol–water partition coefficient (Wildman–Crippen LogP) is 3.07. The van der Waals surface area contributed by atoms with Crippen LogP contribution in [0.1, 0.15) is 5.69 Å². The van der Waals surface area contributed by atoms with Crippen LogP contribution in [0.15, 0.2) is 35.1 Å². The molecule has 0 aliphatic carbocycles. The minimum atomic E-state index is -4.59. The first-order valence-electron chi connectivity index (χ1n) is 5.20. The highest BCUT2D eigenvalue weighted by atomic mass is 127. The van der Waals surface area contributed by atoms with Gasteiger partial charge >= 0.3 is 11.9 Å². The summed E-state index contributed by atoms with van der Waals surface area (Å²) in [4.78, 5) is 15.1. The van der Waals surface area contributed by atoms with Gasteiger partial charge in [-0.05, 0) is 40.8 Å². The van der Waals surface area contributed by atoms with Crippen molar-refractivity contribution in [3.05, 3.63) is 50.1 Å². The number of alkyl halides is 3. The summed E-state index contributed by atoms with van der Waals surface area (Å²) < 4.78 is 39.8. The van der Waals surface area contributed by atoms with Gasteiger partial charge in [0.2, 0.25) is 0 Å². The molecule has 0 fully saturated rings. The smallest absolute Gasteiger partial charge is 0.291 e. The van der Waals surface area contributed by atoms with Crippen LogP contribution in [-0.4, -0.2) is 9.55 Å². The number of hydrogen-bond acceptors (Lipinski definition) is 2. The van der Waals surface area contributed by atoms with Crippen LogP contribution in [0.3, 0.4) is 0 Å². The van der Waals surface area contributed by atoms with E-state index >= 15 is 0 Å². The Morgan fingerprint density at radius 2 is 1.79 bits per heavy atom. The van der Waals surface area contributed by atoms with Gasteiger partial charge in [0, 0.05) is 16.2 Å². The average Bonchev–Trinajstić information content (AvgIpc) is 2.32. The van der Waals surface area contributed by atoms with Crippen LogP contribution in [0.2, 0.25) is 0 Å². The molecule has 7 heteroatoms. The number of aromatic nitrogens is 2. The van der Waals surface area contributed by atoms with E-state index in [-0.39, 0.29) is 5.69 Å². The molecule has 1 heterocycles. The van der Waals surface area contributed by atoms with Gasteiger partial charge in [-0.1, -0.05) is 12.1 Å². The molecule has 100 valence electrons. The fourth-order valence-electron chi connectivity index (χ4n) is 1.58. The molecule has 0 radical (unpaired) electrons. The Hall–Kier alpha value is -1.38. The van der Waals surface area contributed by atoms with Crippen LogP contribution in [0, 0.1) is 3.57 Å². The number of halogens is 4. The molecule has 0 saturated heterocycles. The predicted molar refractivity (Wildman–Crippen MR) is 72.6 cm³/mol.